The minimum Gasteiger partial charge on any atom is -0.448 e. The predicted octanol–water partition coefficient (Wildman–Crippen LogP) is 2.28. The number of hydrogen-bond donors (Lipinski definition) is 1. The van der Waals surface area contributed by atoms with E-state index in [-0.39, 0.29) is 6.54 Å². The first kappa shape index (κ1) is 16.6. The van der Waals surface area contributed by atoms with Gasteiger partial charge in [0.2, 0.25) is 0 Å². The van der Waals surface area contributed by atoms with Gasteiger partial charge in [-0.15, -0.1) is 11.3 Å². The smallest absolute Gasteiger partial charge is 0.351 e. The van der Waals surface area contributed by atoms with Crippen molar-refractivity contribution in [3.05, 3.63) is 27.4 Å². The van der Waals surface area contributed by atoms with Gasteiger partial charge in [-0.1, -0.05) is 0 Å². The highest BCUT2D eigenvalue weighted by Gasteiger charge is 2.32. The molecule has 3 rings (SSSR count). The molecule has 2 aromatic rings. The van der Waals surface area contributed by atoms with Crippen LogP contribution in [0.25, 0.3) is 10.6 Å². The number of nitrogens with one attached hydrogen (secondary N) is 1. The van der Waals surface area contributed by atoms with Crippen molar-refractivity contribution in [1.29, 1.82) is 0 Å². The van der Waals surface area contributed by atoms with E-state index in [0.29, 0.717) is 17.1 Å². The Kier molecular flexibility index (Phi) is 4.63. The monoisotopic (exact) mass is 365 g/mol. The van der Waals surface area contributed by atoms with Gasteiger partial charge in [-0.2, -0.15) is 11.3 Å². The van der Waals surface area contributed by atoms with E-state index < -0.39 is 24.0 Å². The molecule has 1 atom stereocenters. The molecule has 2 aromatic heterocycles. The van der Waals surface area contributed by atoms with Crippen LogP contribution in [0.5, 0.6) is 0 Å². The quantitative estimate of drug-likeness (QED) is 0.840. The highest BCUT2D eigenvalue weighted by molar-refractivity contribution is 7.17. The molecular formula is C15H15N3O4S2. The average Bonchev–Trinajstić information content (AvgIpc) is 3.26. The Morgan fingerprint density at radius 3 is 2.88 bits per heavy atom. The van der Waals surface area contributed by atoms with Crippen LogP contribution in [0.1, 0.15) is 22.3 Å². The molecule has 7 nitrogen and oxygen atoms in total. The van der Waals surface area contributed by atoms with Gasteiger partial charge >= 0.3 is 12.0 Å². The van der Waals surface area contributed by atoms with E-state index in [1.54, 1.807) is 18.3 Å². The molecule has 0 radical (unpaired) electrons. The van der Waals surface area contributed by atoms with E-state index in [2.05, 4.69) is 10.3 Å². The summed E-state index contributed by atoms with van der Waals surface area (Å²) < 4.78 is 5.23. The second kappa shape index (κ2) is 6.70. The number of thiazole rings is 1. The first-order valence-electron chi connectivity index (χ1n) is 7.27. The van der Waals surface area contributed by atoms with Crippen LogP contribution in [0, 0.1) is 6.92 Å². The van der Waals surface area contributed by atoms with Gasteiger partial charge in [0.25, 0.3) is 5.91 Å². The van der Waals surface area contributed by atoms with Crippen LogP contribution in [0.4, 0.5) is 4.79 Å². The van der Waals surface area contributed by atoms with Crippen LogP contribution in [0.2, 0.25) is 0 Å². The molecule has 0 aromatic carbocycles. The third-order valence-electron chi connectivity index (χ3n) is 3.50. The molecule has 1 saturated heterocycles. The Labute approximate surface area is 146 Å². The minimum absolute atomic E-state index is 0.279. The number of ether oxygens (including phenoxy) is 1. The summed E-state index contributed by atoms with van der Waals surface area (Å²) in [7, 11) is 0. The number of amides is 3. The van der Waals surface area contributed by atoms with Crippen LogP contribution in [-0.4, -0.2) is 47.0 Å². The third kappa shape index (κ3) is 3.17. The van der Waals surface area contributed by atoms with Crippen LogP contribution in [-0.2, 0) is 9.53 Å². The number of esters is 1. The van der Waals surface area contributed by atoms with Crippen molar-refractivity contribution in [2.45, 2.75) is 20.0 Å². The molecule has 0 saturated carbocycles. The van der Waals surface area contributed by atoms with Gasteiger partial charge < -0.3 is 10.1 Å². The number of nitrogens with zero attached hydrogens (tertiary/aromatic N) is 2. The number of rotatable bonds is 4. The van der Waals surface area contributed by atoms with E-state index in [1.807, 2.05) is 16.8 Å². The largest absolute Gasteiger partial charge is 0.448 e. The molecule has 3 heterocycles. The molecule has 0 aliphatic carbocycles. The van der Waals surface area contributed by atoms with Crippen molar-refractivity contribution in [2.24, 2.45) is 0 Å². The van der Waals surface area contributed by atoms with Gasteiger partial charge in [-0.05, 0) is 25.3 Å². The number of carbonyl (C=O) groups is 3. The molecule has 0 bridgehead atoms. The van der Waals surface area contributed by atoms with Crippen molar-refractivity contribution in [3.8, 4) is 10.6 Å². The van der Waals surface area contributed by atoms with Crippen LogP contribution in [0.3, 0.4) is 0 Å². The highest BCUT2D eigenvalue weighted by atomic mass is 32.1. The molecule has 1 aliphatic heterocycles. The first-order valence-corrected chi connectivity index (χ1v) is 9.03. The predicted molar refractivity (Wildman–Crippen MR) is 90.2 cm³/mol. The Balaban J connectivity index is 1.70. The van der Waals surface area contributed by atoms with Gasteiger partial charge in [0.1, 0.15) is 9.88 Å². The number of urea groups is 1. The number of aromatic nitrogens is 1. The zero-order valence-electron chi connectivity index (χ0n) is 13.1. The first-order chi connectivity index (χ1) is 11.5. The Bertz CT molecular complexity index is 785. The summed E-state index contributed by atoms with van der Waals surface area (Å²) in [6.45, 7) is 3.87. The summed E-state index contributed by atoms with van der Waals surface area (Å²) in [6, 6.07) is 1.47. The number of hydrogen-bond acceptors (Lipinski definition) is 7. The number of imide groups is 1. The van der Waals surface area contributed by atoms with Gasteiger partial charge in [-0.25, -0.2) is 14.6 Å². The van der Waals surface area contributed by atoms with E-state index in [1.165, 1.54) is 18.3 Å². The van der Waals surface area contributed by atoms with Crippen molar-refractivity contribution in [1.82, 2.24) is 15.2 Å². The lowest BCUT2D eigenvalue weighted by atomic mass is 10.3. The fraction of sp³-hybridized carbons (Fsp3) is 0.333. The zero-order chi connectivity index (χ0) is 17.3. The number of thiophene rings is 1. The number of aryl methyl sites for hydroxylation is 1. The SMILES string of the molecule is Cc1nc(-c2ccsc2)sc1C(=O)O[C@@H](C)C(=O)N1CCNC1=O. The summed E-state index contributed by atoms with van der Waals surface area (Å²) in [4.78, 5) is 41.8. The lowest BCUT2D eigenvalue weighted by Gasteiger charge is -2.17. The molecule has 24 heavy (non-hydrogen) atoms. The Morgan fingerprint density at radius 1 is 1.46 bits per heavy atom. The summed E-state index contributed by atoms with van der Waals surface area (Å²) >= 11 is 2.78. The van der Waals surface area contributed by atoms with Crippen molar-refractivity contribution < 1.29 is 19.1 Å². The second-order valence-corrected chi connectivity index (χ2v) is 6.99. The summed E-state index contributed by atoms with van der Waals surface area (Å²) in [6.07, 6.45) is -1.03. The lowest BCUT2D eigenvalue weighted by Crippen LogP contribution is -2.41. The second-order valence-electron chi connectivity index (χ2n) is 5.21. The van der Waals surface area contributed by atoms with Crippen molar-refractivity contribution in [3.63, 3.8) is 0 Å². The Morgan fingerprint density at radius 2 is 2.25 bits per heavy atom. The molecule has 1 aliphatic rings. The molecule has 126 valence electrons. The molecule has 9 heteroatoms. The van der Waals surface area contributed by atoms with Gasteiger partial charge in [0.15, 0.2) is 6.10 Å². The van der Waals surface area contributed by atoms with E-state index in [0.717, 1.165) is 15.5 Å². The molecule has 0 unspecified atom stereocenters. The third-order valence-corrected chi connectivity index (χ3v) is 5.37. The zero-order valence-corrected chi connectivity index (χ0v) is 14.7. The topological polar surface area (TPSA) is 88.6 Å². The van der Waals surface area contributed by atoms with Gasteiger partial charge in [-0.3, -0.25) is 9.69 Å². The summed E-state index contributed by atoms with van der Waals surface area (Å²) in [5, 5.41) is 7.16. The standard InChI is InChI=1S/C15H15N3O4S2/c1-8-11(24-12(17-8)10-3-6-23-7-10)14(20)22-9(2)13(19)18-5-4-16-15(18)21/h3,6-7,9H,4-5H2,1-2H3,(H,16,21)/t9-/m0/s1. The van der Waals surface area contributed by atoms with E-state index in [9.17, 15) is 14.4 Å². The van der Waals surface area contributed by atoms with Crippen LogP contribution < -0.4 is 5.32 Å². The van der Waals surface area contributed by atoms with Crippen molar-refractivity contribution in [2.75, 3.05) is 13.1 Å². The van der Waals surface area contributed by atoms with Crippen molar-refractivity contribution >= 4 is 40.6 Å². The highest BCUT2D eigenvalue weighted by Crippen LogP contribution is 2.30. The van der Waals surface area contributed by atoms with Gasteiger partial charge in [0.05, 0.1) is 5.69 Å². The molecule has 1 fully saturated rings. The lowest BCUT2D eigenvalue weighted by molar-refractivity contribution is -0.136. The maximum atomic E-state index is 12.3. The molecule has 0 spiro atoms. The molecular weight excluding hydrogens is 350 g/mol. The average molecular weight is 365 g/mol. The maximum Gasteiger partial charge on any atom is 0.351 e. The van der Waals surface area contributed by atoms with E-state index >= 15 is 0 Å². The summed E-state index contributed by atoms with van der Waals surface area (Å²) in [5.41, 5.74) is 1.51. The molecule has 1 N–H and O–H groups in total. The van der Waals surface area contributed by atoms with Crippen LogP contribution in [0.15, 0.2) is 16.8 Å². The van der Waals surface area contributed by atoms with E-state index in [4.69, 9.17) is 4.74 Å². The van der Waals surface area contributed by atoms with Crippen LogP contribution >= 0.6 is 22.7 Å². The maximum absolute atomic E-state index is 12.3. The fourth-order valence-electron chi connectivity index (χ4n) is 2.26. The summed E-state index contributed by atoms with van der Waals surface area (Å²) in [5.74, 6) is -1.13. The number of carbonyl (C=O) groups excluding carboxylic acids is 3. The minimum atomic E-state index is -1.03. The molecule has 3 amide bonds. The normalized spacial score (nSPS) is 15.2. The Hall–Kier alpha value is -2.26. The fourth-order valence-corrected chi connectivity index (χ4v) is 3.92. The van der Waals surface area contributed by atoms with Gasteiger partial charge in [0, 0.05) is 24.0 Å².